The zero-order valence-electron chi connectivity index (χ0n) is 12.9. The Morgan fingerprint density at radius 3 is 2.96 bits per heavy atom. The number of hydrogen-bond acceptors (Lipinski definition) is 3. The molecule has 3 rings (SSSR count). The SMILES string of the molecule is Cc1nc([C@H]2CCCCN2C(=O)Cc2cccc(F)c2F)n[nH]1. The molecule has 0 spiro atoms. The largest absolute Gasteiger partial charge is 0.332 e. The van der Waals surface area contributed by atoms with Crippen LogP contribution >= 0.6 is 0 Å². The quantitative estimate of drug-likeness (QED) is 0.946. The predicted molar refractivity (Wildman–Crippen MR) is 79.5 cm³/mol. The summed E-state index contributed by atoms with van der Waals surface area (Å²) in [4.78, 5) is 18.6. The van der Waals surface area contributed by atoms with Gasteiger partial charge in [0.1, 0.15) is 5.82 Å². The fraction of sp³-hybridized carbons (Fsp3) is 0.438. The highest BCUT2D eigenvalue weighted by Gasteiger charge is 2.31. The molecule has 1 aliphatic heterocycles. The van der Waals surface area contributed by atoms with Crippen molar-refractivity contribution in [2.24, 2.45) is 0 Å². The van der Waals surface area contributed by atoms with Crippen LogP contribution in [0.3, 0.4) is 0 Å². The monoisotopic (exact) mass is 320 g/mol. The molecule has 0 saturated carbocycles. The molecule has 1 aliphatic rings. The summed E-state index contributed by atoms with van der Waals surface area (Å²) < 4.78 is 27.1. The fourth-order valence-electron chi connectivity index (χ4n) is 2.96. The van der Waals surface area contributed by atoms with E-state index in [1.165, 1.54) is 12.1 Å². The zero-order chi connectivity index (χ0) is 16.4. The van der Waals surface area contributed by atoms with Crippen LogP contribution < -0.4 is 0 Å². The molecule has 7 heteroatoms. The van der Waals surface area contributed by atoms with Crippen molar-refractivity contribution in [1.29, 1.82) is 0 Å². The number of carbonyl (C=O) groups excluding carboxylic acids is 1. The van der Waals surface area contributed by atoms with Crippen LogP contribution in [0.15, 0.2) is 18.2 Å². The van der Waals surface area contributed by atoms with Crippen LogP contribution in [-0.4, -0.2) is 32.5 Å². The van der Waals surface area contributed by atoms with E-state index in [2.05, 4.69) is 15.2 Å². The number of aryl methyl sites for hydroxylation is 1. The molecule has 1 saturated heterocycles. The molecule has 0 bridgehead atoms. The molecule has 0 radical (unpaired) electrons. The number of carbonyl (C=O) groups is 1. The lowest BCUT2D eigenvalue weighted by Crippen LogP contribution is -2.40. The Hall–Kier alpha value is -2.31. The van der Waals surface area contributed by atoms with E-state index in [1.807, 2.05) is 0 Å². The number of nitrogens with zero attached hydrogens (tertiary/aromatic N) is 3. The van der Waals surface area contributed by atoms with Gasteiger partial charge in [-0.15, -0.1) is 0 Å². The first-order valence-corrected chi connectivity index (χ1v) is 7.67. The van der Waals surface area contributed by atoms with Gasteiger partial charge in [-0.2, -0.15) is 5.10 Å². The van der Waals surface area contributed by atoms with E-state index in [0.29, 0.717) is 18.2 Å². The summed E-state index contributed by atoms with van der Waals surface area (Å²) in [6.45, 7) is 2.38. The third-order valence-electron chi connectivity index (χ3n) is 4.11. The van der Waals surface area contributed by atoms with Gasteiger partial charge in [-0.1, -0.05) is 12.1 Å². The number of H-pyrrole nitrogens is 1. The zero-order valence-corrected chi connectivity index (χ0v) is 12.9. The van der Waals surface area contributed by atoms with E-state index in [4.69, 9.17) is 0 Å². The summed E-state index contributed by atoms with van der Waals surface area (Å²) >= 11 is 0. The van der Waals surface area contributed by atoms with Gasteiger partial charge in [0.25, 0.3) is 0 Å². The van der Waals surface area contributed by atoms with Crippen molar-refractivity contribution in [1.82, 2.24) is 20.1 Å². The minimum atomic E-state index is -0.955. The molecule has 2 heterocycles. The second-order valence-electron chi connectivity index (χ2n) is 5.77. The number of aromatic amines is 1. The molecular formula is C16H18F2N4O. The Kier molecular flexibility index (Phi) is 4.36. The van der Waals surface area contributed by atoms with E-state index >= 15 is 0 Å². The minimum Gasteiger partial charge on any atom is -0.332 e. The lowest BCUT2D eigenvalue weighted by Gasteiger charge is -2.34. The van der Waals surface area contributed by atoms with Gasteiger partial charge in [-0.05, 0) is 32.3 Å². The van der Waals surface area contributed by atoms with Crippen LogP contribution in [0.5, 0.6) is 0 Å². The number of aromatic nitrogens is 3. The van der Waals surface area contributed by atoms with Crippen molar-refractivity contribution in [3.05, 3.63) is 47.0 Å². The van der Waals surface area contributed by atoms with Crippen LogP contribution in [0.4, 0.5) is 8.78 Å². The van der Waals surface area contributed by atoms with Crippen LogP contribution in [0.1, 0.15) is 42.5 Å². The highest BCUT2D eigenvalue weighted by atomic mass is 19.2. The molecule has 5 nitrogen and oxygen atoms in total. The first-order chi connectivity index (χ1) is 11.1. The molecule has 1 fully saturated rings. The lowest BCUT2D eigenvalue weighted by atomic mass is 10.00. The molecule has 0 unspecified atom stereocenters. The molecule has 23 heavy (non-hydrogen) atoms. The highest BCUT2D eigenvalue weighted by molar-refractivity contribution is 5.79. The number of halogens is 2. The number of nitrogens with one attached hydrogen (secondary N) is 1. The van der Waals surface area contributed by atoms with Crippen molar-refractivity contribution in [2.45, 2.75) is 38.6 Å². The number of amides is 1. The average Bonchev–Trinajstić information content (AvgIpc) is 2.98. The van der Waals surface area contributed by atoms with Crippen molar-refractivity contribution < 1.29 is 13.6 Å². The van der Waals surface area contributed by atoms with Crippen molar-refractivity contribution in [3.63, 3.8) is 0 Å². The third-order valence-corrected chi connectivity index (χ3v) is 4.11. The van der Waals surface area contributed by atoms with Crippen LogP contribution in [0.25, 0.3) is 0 Å². The van der Waals surface area contributed by atoms with Crippen LogP contribution in [0, 0.1) is 18.6 Å². The maximum absolute atomic E-state index is 13.8. The standard InChI is InChI=1S/C16H18F2N4O/c1-10-19-16(21-20-10)13-7-2-3-8-22(13)14(23)9-11-5-4-6-12(17)15(11)18/h4-6,13H,2-3,7-9H2,1H3,(H,19,20,21)/t13-/m1/s1. The summed E-state index contributed by atoms with van der Waals surface area (Å²) in [6.07, 6.45) is 2.48. The Balaban J connectivity index is 1.80. The van der Waals surface area contributed by atoms with E-state index in [1.54, 1.807) is 11.8 Å². The summed E-state index contributed by atoms with van der Waals surface area (Å²) in [7, 11) is 0. The fourth-order valence-corrected chi connectivity index (χ4v) is 2.96. The van der Waals surface area contributed by atoms with E-state index in [9.17, 15) is 13.6 Å². The molecular weight excluding hydrogens is 302 g/mol. The summed E-state index contributed by atoms with van der Waals surface area (Å²) in [5.74, 6) is -0.857. The summed E-state index contributed by atoms with van der Waals surface area (Å²) in [5.41, 5.74) is 0.0745. The molecule has 1 amide bonds. The number of hydrogen-bond donors (Lipinski definition) is 1. The van der Waals surface area contributed by atoms with Gasteiger partial charge in [-0.25, -0.2) is 13.8 Å². The van der Waals surface area contributed by atoms with Crippen molar-refractivity contribution in [3.8, 4) is 0 Å². The Labute approximate surface area is 132 Å². The number of rotatable bonds is 3. The van der Waals surface area contributed by atoms with Crippen LogP contribution in [-0.2, 0) is 11.2 Å². The smallest absolute Gasteiger partial charge is 0.227 e. The molecule has 0 aliphatic carbocycles. The van der Waals surface area contributed by atoms with E-state index < -0.39 is 11.6 Å². The second-order valence-corrected chi connectivity index (χ2v) is 5.77. The molecule has 122 valence electrons. The first kappa shape index (κ1) is 15.6. The maximum atomic E-state index is 13.8. The van der Waals surface area contributed by atoms with Gasteiger partial charge in [0, 0.05) is 12.1 Å². The normalized spacial score (nSPS) is 18.2. The van der Waals surface area contributed by atoms with Crippen LogP contribution in [0.2, 0.25) is 0 Å². The third kappa shape index (κ3) is 3.23. The lowest BCUT2D eigenvalue weighted by molar-refractivity contribution is -0.134. The van der Waals surface area contributed by atoms with Crippen molar-refractivity contribution in [2.75, 3.05) is 6.54 Å². The summed E-state index contributed by atoms with van der Waals surface area (Å²) in [5, 5.41) is 6.93. The minimum absolute atomic E-state index is 0.0745. The van der Waals surface area contributed by atoms with E-state index in [-0.39, 0.29) is 23.9 Å². The van der Waals surface area contributed by atoms with Gasteiger partial charge < -0.3 is 4.90 Å². The van der Waals surface area contributed by atoms with Crippen molar-refractivity contribution >= 4 is 5.91 Å². The highest BCUT2D eigenvalue weighted by Crippen LogP contribution is 2.29. The topological polar surface area (TPSA) is 61.9 Å². The van der Waals surface area contributed by atoms with E-state index in [0.717, 1.165) is 25.3 Å². The van der Waals surface area contributed by atoms with Gasteiger partial charge in [0.2, 0.25) is 5.91 Å². The molecule has 1 aromatic carbocycles. The van der Waals surface area contributed by atoms with Gasteiger partial charge in [0.15, 0.2) is 17.5 Å². The second kappa shape index (κ2) is 6.44. The average molecular weight is 320 g/mol. The maximum Gasteiger partial charge on any atom is 0.227 e. The van der Waals surface area contributed by atoms with Gasteiger partial charge >= 0.3 is 0 Å². The van der Waals surface area contributed by atoms with Gasteiger partial charge in [0.05, 0.1) is 12.5 Å². The van der Waals surface area contributed by atoms with Gasteiger partial charge in [-0.3, -0.25) is 9.89 Å². The summed E-state index contributed by atoms with van der Waals surface area (Å²) in [6, 6.07) is 3.68. The predicted octanol–water partition coefficient (Wildman–Crippen LogP) is 2.69. The number of likely N-dealkylation sites (tertiary alicyclic amines) is 1. The Bertz CT molecular complexity index is 716. The Morgan fingerprint density at radius 2 is 2.22 bits per heavy atom. The Morgan fingerprint density at radius 1 is 1.39 bits per heavy atom. The number of benzene rings is 1. The molecule has 1 aromatic heterocycles. The molecule has 1 N–H and O–H groups in total. The number of piperidine rings is 1. The molecule has 2 aromatic rings. The molecule has 1 atom stereocenters. The first-order valence-electron chi connectivity index (χ1n) is 7.67.